The first-order valence-corrected chi connectivity index (χ1v) is 8.43. The zero-order valence-electron chi connectivity index (χ0n) is 13.6. The van der Waals surface area contributed by atoms with E-state index >= 15 is 0 Å². The molecular formula is C19H18N2O2S. The minimum Gasteiger partial charge on any atom is -0.378 e. The lowest BCUT2D eigenvalue weighted by Crippen LogP contribution is -2.27. The van der Waals surface area contributed by atoms with Crippen LogP contribution < -0.4 is 4.90 Å². The van der Waals surface area contributed by atoms with Crippen LogP contribution in [0.2, 0.25) is 0 Å². The molecule has 0 bridgehead atoms. The molecule has 1 aliphatic heterocycles. The number of imide groups is 1. The number of thioether (sulfide) groups is 1. The number of anilines is 1. The van der Waals surface area contributed by atoms with Crippen LogP contribution in [0.1, 0.15) is 11.1 Å². The fraction of sp³-hybridized carbons (Fsp3) is 0.158. The highest BCUT2D eigenvalue weighted by atomic mass is 32.2. The number of carbonyl (C=O) groups is 2. The lowest BCUT2D eigenvalue weighted by Gasteiger charge is -2.12. The highest BCUT2D eigenvalue weighted by Crippen LogP contribution is 2.33. The smallest absolute Gasteiger partial charge is 0.293 e. The van der Waals surface area contributed by atoms with Gasteiger partial charge in [0.25, 0.3) is 11.1 Å². The van der Waals surface area contributed by atoms with Gasteiger partial charge < -0.3 is 4.90 Å². The fourth-order valence-electron chi connectivity index (χ4n) is 2.42. The minimum atomic E-state index is -0.231. The summed E-state index contributed by atoms with van der Waals surface area (Å²) in [6.07, 6.45) is 1.77. The second-order valence-corrected chi connectivity index (χ2v) is 6.73. The molecule has 0 unspecified atom stereocenters. The first kappa shape index (κ1) is 16.3. The van der Waals surface area contributed by atoms with Crippen LogP contribution in [0.5, 0.6) is 0 Å². The molecule has 0 spiro atoms. The number of nitrogens with zero attached hydrogens (tertiary/aromatic N) is 2. The van der Waals surface area contributed by atoms with Gasteiger partial charge in [-0.2, -0.15) is 0 Å². The average Bonchev–Trinajstić information content (AvgIpc) is 2.84. The molecule has 2 aromatic carbocycles. The molecule has 5 heteroatoms. The quantitative estimate of drug-likeness (QED) is 0.791. The molecule has 0 radical (unpaired) electrons. The van der Waals surface area contributed by atoms with Crippen LogP contribution in [-0.4, -0.2) is 30.1 Å². The predicted octanol–water partition coefficient (Wildman–Crippen LogP) is 3.99. The van der Waals surface area contributed by atoms with Crippen LogP contribution >= 0.6 is 11.8 Å². The van der Waals surface area contributed by atoms with Crippen molar-refractivity contribution in [3.63, 3.8) is 0 Å². The molecule has 0 atom stereocenters. The number of carbonyl (C=O) groups excluding carboxylic acids is 2. The number of hydrogen-bond acceptors (Lipinski definition) is 4. The molecule has 1 fully saturated rings. The van der Waals surface area contributed by atoms with E-state index in [9.17, 15) is 9.59 Å². The monoisotopic (exact) mass is 338 g/mol. The minimum absolute atomic E-state index is 0.222. The Morgan fingerprint density at radius 3 is 2.29 bits per heavy atom. The van der Waals surface area contributed by atoms with Crippen LogP contribution in [0, 0.1) is 0 Å². The average molecular weight is 338 g/mol. The molecule has 0 N–H and O–H groups in total. The predicted molar refractivity (Wildman–Crippen MR) is 98.7 cm³/mol. The number of rotatable bonds is 4. The van der Waals surface area contributed by atoms with Crippen molar-refractivity contribution < 1.29 is 9.59 Å². The van der Waals surface area contributed by atoms with Gasteiger partial charge in [0.15, 0.2) is 0 Å². The Hall–Kier alpha value is -2.53. The number of amides is 2. The van der Waals surface area contributed by atoms with E-state index in [1.807, 2.05) is 73.6 Å². The van der Waals surface area contributed by atoms with E-state index in [4.69, 9.17) is 0 Å². The van der Waals surface area contributed by atoms with Gasteiger partial charge in [-0.1, -0.05) is 42.5 Å². The Morgan fingerprint density at radius 2 is 1.67 bits per heavy atom. The normalized spacial score (nSPS) is 16.1. The Labute approximate surface area is 145 Å². The third kappa shape index (κ3) is 3.51. The van der Waals surface area contributed by atoms with E-state index in [0.717, 1.165) is 28.6 Å². The van der Waals surface area contributed by atoms with Gasteiger partial charge >= 0.3 is 0 Å². The van der Waals surface area contributed by atoms with E-state index in [-0.39, 0.29) is 11.1 Å². The van der Waals surface area contributed by atoms with Crippen molar-refractivity contribution >= 4 is 34.7 Å². The highest BCUT2D eigenvalue weighted by molar-refractivity contribution is 8.18. The second-order valence-electron chi connectivity index (χ2n) is 5.74. The lowest BCUT2D eigenvalue weighted by atomic mass is 10.1. The Bertz CT molecular complexity index is 783. The Morgan fingerprint density at radius 1 is 1.00 bits per heavy atom. The van der Waals surface area contributed by atoms with E-state index in [1.165, 1.54) is 4.90 Å². The van der Waals surface area contributed by atoms with Gasteiger partial charge in [-0.3, -0.25) is 14.5 Å². The summed E-state index contributed by atoms with van der Waals surface area (Å²) in [5.74, 6) is -0.231. The van der Waals surface area contributed by atoms with Crippen molar-refractivity contribution in [1.29, 1.82) is 0 Å². The van der Waals surface area contributed by atoms with Crippen molar-refractivity contribution in [3.8, 4) is 0 Å². The summed E-state index contributed by atoms with van der Waals surface area (Å²) in [4.78, 5) is 28.4. The maximum atomic E-state index is 12.5. The van der Waals surface area contributed by atoms with Crippen LogP contribution in [0.15, 0.2) is 59.5 Å². The topological polar surface area (TPSA) is 40.6 Å². The van der Waals surface area contributed by atoms with Crippen molar-refractivity contribution in [3.05, 3.63) is 70.6 Å². The third-order valence-electron chi connectivity index (χ3n) is 3.76. The summed E-state index contributed by atoms with van der Waals surface area (Å²) < 4.78 is 0. The van der Waals surface area contributed by atoms with Gasteiger partial charge in [0.1, 0.15) is 0 Å². The van der Waals surface area contributed by atoms with Crippen molar-refractivity contribution in [2.45, 2.75) is 6.54 Å². The maximum Gasteiger partial charge on any atom is 0.293 e. The molecule has 2 aromatic rings. The SMILES string of the molecule is CN(C)c1ccc(C=C2SC(=O)N(Cc3ccccc3)C2=O)cc1. The van der Waals surface area contributed by atoms with Gasteiger partial charge in [-0.25, -0.2) is 0 Å². The fourth-order valence-corrected chi connectivity index (χ4v) is 3.26. The molecule has 0 aromatic heterocycles. The van der Waals surface area contributed by atoms with Gasteiger partial charge in [0.05, 0.1) is 11.4 Å². The van der Waals surface area contributed by atoms with Crippen LogP contribution in [-0.2, 0) is 11.3 Å². The zero-order chi connectivity index (χ0) is 17.1. The summed E-state index contributed by atoms with van der Waals surface area (Å²) in [5, 5.41) is -0.222. The molecule has 0 saturated carbocycles. The lowest BCUT2D eigenvalue weighted by molar-refractivity contribution is -0.123. The van der Waals surface area contributed by atoms with Crippen molar-refractivity contribution in [1.82, 2.24) is 4.90 Å². The molecule has 1 heterocycles. The molecule has 3 rings (SSSR count). The molecule has 4 nitrogen and oxygen atoms in total. The zero-order valence-corrected chi connectivity index (χ0v) is 14.4. The maximum absolute atomic E-state index is 12.5. The van der Waals surface area contributed by atoms with Crippen LogP contribution in [0.3, 0.4) is 0 Å². The summed E-state index contributed by atoms with van der Waals surface area (Å²) in [5.41, 5.74) is 2.94. The van der Waals surface area contributed by atoms with Gasteiger partial charge in [0.2, 0.25) is 0 Å². The molecule has 0 aliphatic carbocycles. The first-order chi connectivity index (χ1) is 11.5. The van der Waals surface area contributed by atoms with Crippen LogP contribution in [0.4, 0.5) is 10.5 Å². The van der Waals surface area contributed by atoms with Gasteiger partial charge in [-0.05, 0) is 41.1 Å². The molecule has 24 heavy (non-hydrogen) atoms. The molecular weight excluding hydrogens is 320 g/mol. The van der Waals surface area contributed by atoms with E-state index < -0.39 is 0 Å². The summed E-state index contributed by atoms with van der Waals surface area (Å²) >= 11 is 0.994. The van der Waals surface area contributed by atoms with Crippen LogP contribution in [0.25, 0.3) is 6.08 Å². The molecule has 122 valence electrons. The van der Waals surface area contributed by atoms with E-state index in [2.05, 4.69) is 0 Å². The summed E-state index contributed by atoms with van der Waals surface area (Å²) in [6, 6.07) is 17.4. The van der Waals surface area contributed by atoms with Crippen molar-refractivity contribution in [2.75, 3.05) is 19.0 Å². The van der Waals surface area contributed by atoms with Gasteiger partial charge in [-0.15, -0.1) is 0 Å². The van der Waals surface area contributed by atoms with Gasteiger partial charge in [0, 0.05) is 19.8 Å². The van der Waals surface area contributed by atoms with E-state index in [1.54, 1.807) is 6.08 Å². The number of hydrogen-bond donors (Lipinski definition) is 0. The first-order valence-electron chi connectivity index (χ1n) is 7.61. The van der Waals surface area contributed by atoms with E-state index in [0.29, 0.717) is 11.4 Å². The Kier molecular flexibility index (Phi) is 4.71. The van der Waals surface area contributed by atoms with Crippen molar-refractivity contribution in [2.24, 2.45) is 0 Å². The largest absolute Gasteiger partial charge is 0.378 e. The highest BCUT2D eigenvalue weighted by Gasteiger charge is 2.34. The molecule has 1 aliphatic rings. The second kappa shape index (κ2) is 6.93. The molecule has 1 saturated heterocycles. The number of benzene rings is 2. The standard InChI is InChI=1S/C19H18N2O2S/c1-20(2)16-10-8-14(9-11-16)12-17-18(22)21(19(23)24-17)13-15-6-4-3-5-7-15/h3-12H,13H2,1-2H3. The third-order valence-corrected chi connectivity index (χ3v) is 4.67. The summed E-state index contributed by atoms with van der Waals surface area (Å²) in [6.45, 7) is 0.308. The summed E-state index contributed by atoms with van der Waals surface area (Å²) in [7, 11) is 3.95. The molecule has 2 amide bonds. The Balaban J connectivity index is 1.78.